The van der Waals surface area contributed by atoms with Crippen LogP contribution in [-0.4, -0.2) is 37.0 Å². The van der Waals surface area contributed by atoms with Crippen LogP contribution < -0.4 is 0 Å². The number of carbonyl (C=O) groups is 1. The molecule has 0 radical (unpaired) electrons. The third kappa shape index (κ3) is 4.85. The highest BCUT2D eigenvalue weighted by Gasteiger charge is 2.32. The highest BCUT2D eigenvalue weighted by Crippen LogP contribution is 2.07. The molecule has 0 saturated carbocycles. The van der Waals surface area contributed by atoms with E-state index in [1.807, 2.05) is 13.8 Å². The minimum Gasteiger partial charge on any atom is -0.463 e. The predicted octanol–water partition coefficient (Wildman–Crippen LogP) is 0.583. The summed E-state index contributed by atoms with van der Waals surface area (Å²) in [7, 11) is 1.42. The Labute approximate surface area is 78.8 Å². The van der Waals surface area contributed by atoms with Crippen LogP contribution in [0.1, 0.15) is 20.8 Å². The van der Waals surface area contributed by atoms with Gasteiger partial charge in [-0.2, -0.15) is 0 Å². The highest BCUT2D eigenvalue weighted by atomic mass is 16.6. The molecule has 1 unspecified atom stereocenters. The second-order valence-electron chi connectivity index (χ2n) is 3.70. The first-order valence-corrected chi connectivity index (χ1v) is 4.28. The van der Waals surface area contributed by atoms with Gasteiger partial charge in [-0.15, -0.1) is 0 Å². The zero-order valence-electron chi connectivity index (χ0n) is 8.66. The van der Waals surface area contributed by atoms with Crippen molar-refractivity contribution >= 4 is 5.97 Å². The minimum absolute atomic E-state index is 0.0517. The molecule has 4 nitrogen and oxygen atoms in total. The molecule has 0 saturated heterocycles. The van der Waals surface area contributed by atoms with Crippen molar-refractivity contribution in [2.24, 2.45) is 5.92 Å². The Bertz CT molecular complexity index is 163. The molecule has 0 aliphatic heterocycles. The Kier molecular flexibility index (Phi) is 4.95. The Morgan fingerprint density at radius 1 is 1.54 bits per heavy atom. The van der Waals surface area contributed by atoms with E-state index in [1.54, 1.807) is 0 Å². The molecule has 0 aromatic rings. The fourth-order valence-electron chi connectivity index (χ4n) is 0.738. The molecule has 0 amide bonds. The quantitative estimate of drug-likeness (QED) is 0.644. The number of methoxy groups -OCH3 is 1. The van der Waals surface area contributed by atoms with Crippen molar-refractivity contribution in [1.29, 1.82) is 0 Å². The van der Waals surface area contributed by atoms with E-state index in [0.717, 1.165) is 0 Å². The summed E-state index contributed by atoms with van der Waals surface area (Å²) in [6, 6.07) is 0. The molecule has 78 valence electrons. The van der Waals surface area contributed by atoms with Gasteiger partial charge < -0.3 is 14.6 Å². The van der Waals surface area contributed by atoms with Crippen LogP contribution in [0.2, 0.25) is 0 Å². The lowest BCUT2D eigenvalue weighted by atomic mass is 10.1. The summed E-state index contributed by atoms with van der Waals surface area (Å²) >= 11 is 0. The smallest absolute Gasteiger partial charge is 0.340 e. The van der Waals surface area contributed by atoms with Crippen molar-refractivity contribution in [1.82, 2.24) is 0 Å². The molecule has 0 aromatic heterocycles. The maximum absolute atomic E-state index is 11.2. The zero-order chi connectivity index (χ0) is 10.5. The predicted molar refractivity (Wildman–Crippen MR) is 48.3 cm³/mol. The second kappa shape index (κ2) is 5.19. The molecule has 0 aromatic carbocycles. The molecule has 0 rings (SSSR count). The molecule has 0 heterocycles. The average molecular weight is 190 g/mol. The number of hydrogen-bond donors (Lipinski definition) is 1. The maximum Gasteiger partial charge on any atom is 0.340 e. The summed E-state index contributed by atoms with van der Waals surface area (Å²) in [6.07, 6.45) is 0. The van der Waals surface area contributed by atoms with Crippen LogP contribution in [-0.2, 0) is 14.3 Å². The molecule has 1 atom stereocenters. The fraction of sp³-hybridized carbons (Fsp3) is 0.889. The van der Waals surface area contributed by atoms with Gasteiger partial charge >= 0.3 is 5.97 Å². The number of rotatable bonds is 5. The van der Waals surface area contributed by atoms with Crippen molar-refractivity contribution in [2.45, 2.75) is 26.4 Å². The lowest BCUT2D eigenvalue weighted by molar-refractivity contribution is -0.169. The van der Waals surface area contributed by atoms with E-state index in [2.05, 4.69) is 4.74 Å². The molecule has 0 aliphatic carbocycles. The topological polar surface area (TPSA) is 55.8 Å². The number of ether oxygens (including phenoxy) is 2. The van der Waals surface area contributed by atoms with E-state index in [9.17, 15) is 9.90 Å². The van der Waals surface area contributed by atoms with Gasteiger partial charge in [-0.1, -0.05) is 13.8 Å². The normalized spacial score (nSPS) is 15.5. The van der Waals surface area contributed by atoms with Crippen LogP contribution in [0.4, 0.5) is 0 Å². The van der Waals surface area contributed by atoms with Gasteiger partial charge in [0.2, 0.25) is 0 Å². The molecule has 0 fully saturated rings. The van der Waals surface area contributed by atoms with Crippen molar-refractivity contribution in [2.75, 3.05) is 20.3 Å². The minimum atomic E-state index is -1.54. The third-order valence-electron chi connectivity index (χ3n) is 1.41. The van der Waals surface area contributed by atoms with Gasteiger partial charge in [0.05, 0.1) is 13.2 Å². The van der Waals surface area contributed by atoms with Crippen LogP contribution >= 0.6 is 0 Å². The van der Waals surface area contributed by atoms with Gasteiger partial charge in [-0.05, 0) is 12.8 Å². The Balaban J connectivity index is 3.94. The molecular formula is C9H18O4. The van der Waals surface area contributed by atoms with Crippen LogP contribution in [0.25, 0.3) is 0 Å². The van der Waals surface area contributed by atoms with Crippen molar-refractivity contribution in [3.05, 3.63) is 0 Å². The number of esters is 1. The summed E-state index contributed by atoms with van der Waals surface area (Å²) in [5.74, 6) is -0.370. The Morgan fingerprint density at radius 3 is 2.46 bits per heavy atom. The number of hydrogen-bond acceptors (Lipinski definition) is 4. The third-order valence-corrected chi connectivity index (χ3v) is 1.41. The second-order valence-corrected chi connectivity index (χ2v) is 3.70. The van der Waals surface area contributed by atoms with Gasteiger partial charge in [0.1, 0.15) is 0 Å². The summed E-state index contributed by atoms with van der Waals surface area (Å²) < 4.78 is 9.54. The monoisotopic (exact) mass is 190 g/mol. The van der Waals surface area contributed by atoms with Crippen molar-refractivity contribution < 1.29 is 19.4 Å². The van der Waals surface area contributed by atoms with E-state index in [0.29, 0.717) is 6.61 Å². The molecule has 1 N–H and O–H groups in total. The van der Waals surface area contributed by atoms with Gasteiger partial charge in [0, 0.05) is 7.11 Å². The average Bonchev–Trinajstić information content (AvgIpc) is 1.99. The van der Waals surface area contributed by atoms with Crippen LogP contribution in [0.5, 0.6) is 0 Å². The van der Waals surface area contributed by atoms with Crippen molar-refractivity contribution in [3.8, 4) is 0 Å². The van der Waals surface area contributed by atoms with E-state index < -0.39 is 11.6 Å². The van der Waals surface area contributed by atoms with Gasteiger partial charge in [0.15, 0.2) is 5.60 Å². The van der Waals surface area contributed by atoms with E-state index in [-0.39, 0.29) is 12.5 Å². The van der Waals surface area contributed by atoms with E-state index in [4.69, 9.17) is 4.74 Å². The first-order valence-electron chi connectivity index (χ1n) is 4.28. The molecule has 13 heavy (non-hydrogen) atoms. The molecule has 0 spiro atoms. The lowest BCUT2D eigenvalue weighted by Gasteiger charge is -2.20. The molecule has 4 heteroatoms. The van der Waals surface area contributed by atoms with Gasteiger partial charge in [0.25, 0.3) is 0 Å². The standard InChI is InChI=1S/C9H18O4/c1-7(2)5-13-8(10)9(3,11)6-12-4/h7,11H,5-6H2,1-4H3. The van der Waals surface area contributed by atoms with Crippen LogP contribution in [0, 0.1) is 5.92 Å². The summed E-state index contributed by atoms with van der Waals surface area (Å²) in [6.45, 7) is 5.50. The van der Waals surface area contributed by atoms with Gasteiger partial charge in [-0.3, -0.25) is 0 Å². The lowest BCUT2D eigenvalue weighted by Crippen LogP contribution is -2.41. The summed E-state index contributed by atoms with van der Waals surface area (Å²) in [5, 5.41) is 9.50. The first kappa shape index (κ1) is 12.4. The molecule has 0 aliphatic rings. The highest BCUT2D eigenvalue weighted by molar-refractivity contribution is 5.78. The first-order chi connectivity index (χ1) is 5.90. The Hall–Kier alpha value is -0.610. The largest absolute Gasteiger partial charge is 0.463 e. The van der Waals surface area contributed by atoms with Crippen molar-refractivity contribution in [3.63, 3.8) is 0 Å². The molecule has 0 bridgehead atoms. The Morgan fingerprint density at radius 2 is 2.08 bits per heavy atom. The number of carbonyl (C=O) groups excluding carboxylic acids is 1. The summed E-state index contributed by atoms with van der Waals surface area (Å²) in [5.41, 5.74) is -1.54. The SMILES string of the molecule is COCC(C)(O)C(=O)OCC(C)C. The zero-order valence-corrected chi connectivity index (χ0v) is 8.66. The maximum atomic E-state index is 11.2. The summed E-state index contributed by atoms with van der Waals surface area (Å²) in [4.78, 5) is 11.2. The van der Waals surface area contributed by atoms with Crippen LogP contribution in [0.15, 0.2) is 0 Å². The van der Waals surface area contributed by atoms with E-state index >= 15 is 0 Å². The van der Waals surface area contributed by atoms with Crippen LogP contribution in [0.3, 0.4) is 0 Å². The number of aliphatic hydroxyl groups is 1. The fourth-order valence-corrected chi connectivity index (χ4v) is 0.738. The molecular weight excluding hydrogens is 172 g/mol. The van der Waals surface area contributed by atoms with E-state index in [1.165, 1.54) is 14.0 Å². The van der Waals surface area contributed by atoms with Gasteiger partial charge in [-0.25, -0.2) is 4.79 Å².